The van der Waals surface area contributed by atoms with Gasteiger partial charge in [0.2, 0.25) is 0 Å². The highest BCUT2D eigenvalue weighted by molar-refractivity contribution is 6.33. The molecule has 0 saturated carbocycles. The predicted molar refractivity (Wildman–Crippen MR) is 98.9 cm³/mol. The van der Waals surface area contributed by atoms with E-state index >= 15 is 0 Å². The maximum atomic E-state index is 12.1. The number of benzene rings is 2. The maximum absolute atomic E-state index is 12.1. The third-order valence-corrected chi connectivity index (χ3v) is 3.82. The summed E-state index contributed by atoms with van der Waals surface area (Å²) < 4.78 is 10.2. The second-order valence-corrected chi connectivity index (χ2v) is 5.64. The van der Waals surface area contributed by atoms with Gasteiger partial charge in [-0.25, -0.2) is 0 Å². The fourth-order valence-electron chi connectivity index (χ4n) is 2.12. The van der Waals surface area contributed by atoms with Crippen LogP contribution in [0.25, 0.3) is 0 Å². The monoisotopic (exact) mass is 391 g/mol. The summed E-state index contributed by atoms with van der Waals surface area (Å²) in [4.78, 5) is 35.9. The molecule has 0 aliphatic carbocycles. The minimum absolute atomic E-state index is 0.251. The van der Waals surface area contributed by atoms with Crippen molar-refractivity contribution in [3.8, 4) is 11.5 Å². The fourth-order valence-corrected chi connectivity index (χ4v) is 2.34. The molecule has 0 aliphatic rings. The number of nitrogens with one attached hydrogen (secondary N) is 3. The first kappa shape index (κ1) is 20.1. The Hall–Kier alpha value is -3.26. The lowest BCUT2D eigenvalue weighted by Gasteiger charge is -2.11. The van der Waals surface area contributed by atoms with Crippen molar-refractivity contribution in [1.29, 1.82) is 0 Å². The maximum Gasteiger partial charge on any atom is 0.269 e. The zero-order valence-corrected chi connectivity index (χ0v) is 15.4. The molecule has 0 atom stereocenters. The van der Waals surface area contributed by atoms with Crippen molar-refractivity contribution in [2.24, 2.45) is 0 Å². The highest BCUT2D eigenvalue weighted by Gasteiger charge is 2.13. The molecule has 0 aliphatic heterocycles. The molecule has 0 unspecified atom stereocenters. The number of hydrogen-bond acceptors (Lipinski definition) is 5. The van der Waals surface area contributed by atoms with Crippen molar-refractivity contribution >= 4 is 29.3 Å². The molecule has 3 N–H and O–H groups in total. The number of hydrazine groups is 1. The molecule has 8 nitrogen and oxygen atoms in total. The van der Waals surface area contributed by atoms with Gasteiger partial charge in [-0.05, 0) is 30.3 Å². The van der Waals surface area contributed by atoms with Crippen molar-refractivity contribution in [1.82, 2.24) is 16.2 Å². The number of ether oxygens (including phenoxy) is 2. The lowest BCUT2D eigenvalue weighted by Crippen LogP contribution is -2.46. The summed E-state index contributed by atoms with van der Waals surface area (Å²) in [7, 11) is 2.93. The Balaban J connectivity index is 1.85. The van der Waals surface area contributed by atoms with E-state index in [-0.39, 0.29) is 22.7 Å². The number of carbonyl (C=O) groups is 3. The van der Waals surface area contributed by atoms with Crippen molar-refractivity contribution in [2.45, 2.75) is 0 Å². The summed E-state index contributed by atoms with van der Waals surface area (Å²) in [5, 5.41) is 2.69. The summed E-state index contributed by atoms with van der Waals surface area (Å²) in [6.07, 6.45) is 0. The molecule has 27 heavy (non-hydrogen) atoms. The van der Waals surface area contributed by atoms with Gasteiger partial charge in [0, 0.05) is 5.56 Å². The molecule has 0 radical (unpaired) electrons. The second kappa shape index (κ2) is 9.44. The van der Waals surface area contributed by atoms with E-state index in [9.17, 15) is 14.4 Å². The third-order valence-electron chi connectivity index (χ3n) is 3.49. The average Bonchev–Trinajstić information content (AvgIpc) is 2.69. The van der Waals surface area contributed by atoms with Crippen LogP contribution in [0, 0.1) is 0 Å². The number of methoxy groups -OCH3 is 2. The number of halogens is 1. The Morgan fingerprint density at radius 3 is 2.30 bits per heavy atom. The summed E-state index contributed by atoms with van der Waals surface area (Å²) >= 11 is 5.91. The van der Waals surface area contributed by atoms with Crippen LogP contribution in [0.4, 0.5) is 0 Å². The summed E-state index contributed by atoms with van der Waals surface area (Å²) in [5.41, 5.74) is 4.97. The van der Waals surface area contributed by atoms with Crippen molar-refractivity contribution < 1.29 is 23.9 Å². The molecule has 0 saturated heterocycles. The van der Waals surface area contributed by atoms with Crippen molar-refractivity contribution in [3.05, 3.63) is 58.6 Å². The highest BCUT2D eigenvalue weighted by Crippen LogP contribution is 2.27. The van der Waals surface area contributed by atoms with E-state index in [0.29, 0.717) is 11.5 Å². The van der Waals surface area contributed by atoms with Gasteiger partial charge in [0.1, 0.15) is 0 Å². The van der Waals surface area contributed by atoms with E-state index in [1.165, 1.54) is 32.4 Å². The predicted octanol–water partition coefficient (Wildman–Crippen LogP) is 1.55. The van der Waals surface area contributed by atoms with Crippen LogP contribution < -0.4 is 25.6 Å². The molecule has 0 aromatic heterocycles. The van der Waals surface area contributed by atoms with Crippen LogP contribution in [0.15, 0.2) is 42.5 Å². The van der Waals surface area contributed by atoms with E-state index < -0.39 is 17.7 Å². The first-order valence-electron chi connectivity index (χ1n) is 7.80. The number of rotatable bonds is 6. The van der Waals surface area contributed by atoms with Gasteiger partial charge in [-0.2, -0.15) is 0 Å². The van der Waals surface area contributed by atoms with Crippen LogP contribution in [0.2, 0.25) is 5.02 Å². The topological polar surface area (TPSA) is 106 Å². The Kier molecular flexibility index (Phi) is 7.01. The zero-order chi connectivity index (χ0) is 19.8. The number of amides is 3. The molecular weight excluding hydrogens is 374 g/mol. The number of hydrogen-bond donors (Lipinski definition) is 3. The normalized spacial score (nSPS) is 9.89. The minimum Gasteiger partial charge on any atom is -0.493 e. The van der Waals surface area contributed by atoms with E-state index in [0.717, 1.165) is 0 Å². The zero-order valence-electron chi connectivity index (χ0n) is 14.7. The van der Waals surface area contributed by atoms with Crippen molar-refractivity contribution in [2.75, 3.05) is 20.8 Å². The van der Waals surface area contributed by atoms with Gasteiger partial charge in [0.15, 0.2) is 11.5 Å². The molecule has 9 heteroatoms. The van der Waals surface area contributed by atoms with E-state index in [1.807, 2.05) is 0 Å². The van der Waals surface area contributed by atoms with Gasteiger partial charge in [0.05, 0.1) is 31.4 Å². The Morgan fingerprint density at radius 2 is 1.63 bits per heavy atom. The molecule has 0 spiro atoms. The lowest BCUT2D eigenvalue weighted by atomic mass is 10.2. The quantitative estimate of drug-likeness (QED) is 0.648. The standard InChI is InChI=1S/C18H18ClN3O5/c1-26-14-8-7-11(9-15(14)27-2)17(24)22-21-16(23)10-20-18(25)12-5-3-4-6-13(12)19/h3-9H,10H2,1-2H3,(H,20,25)(H,21,23)(H,22,24). The molecule has 0 bridgehead atoms. The van der Waals surface area contributed by atoms with Crippen LogP contribution in [0.5, 0.6) is 11.5 Å². The molecular formula is C18H18ClN3O5. The van der Waals surface area contributed by atoms with E-state index in [4.69, 9.17) is 21.1 Å². The van der Waals surface area contributed by atoms with E-state index in [1.54, 1.807) is 24.3 Å². The van der Waals surface area contributed by atoms with Crippen molar-refractivity contribution in [3.63, 3.8) is 0 Å². The molecule has 0 heterocycles. The smallest absolute Gasteiger partial charge is 0.269 e. The molecule has 142 valence electrons. The largest absolute Gasteiger partial charge is 0.493 e. The van der Waals surface area contributed by atoms with Crippen LogP contribution in [-0.4, -0.2) is 38.5 Å². The summed E-state index contributed by atoms with van der Waals surface area (Å²) in [6, 6.07) is 11.0. The Bertz CT molecular complexity index is 857. The van der Waals surface area contributed by atoms with Gasteiger partial charge in [-0.1, -0.05) is 23.7 Å². The molecule has 3 amide bonds. The van der Waals surface area contributed by atoms with Crippen LogP contribution in [-0.2, 0) is 4.79 Å². The van der Waals surface area contributed by atoms with Crippen LogP contribution >= 0.6 is 11.6 Å². The SMILES string of the molecule is COc1ccc(C(=O)NNC(=O)CNC(=O)c2ccccc2Cl)cc1OC. The second-order valence-electron chi connectivity index (χ2n) is 5.23. The van der Waals surface area contributed by atoms with Gasteiger partial charge >= 0.3 is 0 Å². The number of carbonyl (C=O) groups excluding carboxylic acids is 3. The fraction of sp³-hybridized carbons (Fsp3) is 0.167. The molecule has 2 aromatic carbocycles. The summed E-state index contributed by atoms with van der Waals surface area (Å²) in [6.45, 7) is -0.337. The van der Waals surface area contributed by atoms with Gasteiger partial charge in [-0.15, -0.1) is 0 Å². The van der Waals surface area contributed by atoms with Gasteiger partial charge < -0.3 is 14.8 Å². The van der Waals surface area contributed by atoms with Gasteiger partial charge in [0.25, 0.3) is 17.7 Å². The van der Waals surface area contributed by atoms with Crippen LogP contribution in [0.3, 0.4) is 0 Å². The van der Waals surface area contributed by atoms with E-state index in [2.05, 4.69) is 16.2 Å². The Morgan fingerprint density at radius 1 is 0.926 bits per heavy atom. The van der Waals surface area contributed by atoms with Crippen LogP contribution in [0.1, 0.15) is 20.7 Å². The third kappa shape index (κ3) is 5.35. The lowest BCUT2D eigenvalue weighted by molar-refractivity contribution is -0.120. The minimum atomic E-state index is -0.607. The first-order valence-corrected chi connectivity index (χ1v) is 8.18. The first-order chi connectivity index (χ1) is 13.0. The van der Waals surface area contributed by atoms with Gasteiger partial charge in [-0.3, -0.25) is 25.2 Å². The summed E-state index contributed by atoms with van der Waals surface area (Å²) in [5.74, 6) is -0.809. The molecule has 0 fully saturated rings. The average molecular weight is 392 g/mol. The molecule has 2 aromatic rings. The highest BCUT2D eigenvalue weighted by atomic mass is 35.5. The molecule has 2 rings (SSSR count). The Labute approximate surface area is 160 Å².